The van der Waals surface area contributed by atoms with E-state index in [4.69, 9.17) is 34.0 Å². The highest BCUT2D eigenvalue weighted by atomic mass is 32.2. The molecule has 2 N–H and O–H groups in total. The lowest BCUT2D eigenvalue weighted by atomic mass is 9.48. The fourth-order valence-electron chi connectivity index (χ4n) is 6.66. The van der Waals surface area contributed by atoms with E-state index in [1.165, 1.54) is 37.3 Å². The van der Waals surface area contributed by atoms with Crippen LogP contribution in [0.4, 0.5) is 9.93 Å². The van der Waals surface area contributed by atoms with Gasteiger partial charge in [-0.1, -0.05) is 49.1 Å². The van der Waals surface area contributed by atoms with Crippen molar-refractivity contribution in [3.05, 3.63) is 28.8 Å². The van der Waals surface area contributed by atoms with Crippen LogP contribution >= 0.6 is 23.1 Å². The molecule has 0 radical (unpaired) electrons. The van der Waals surface area contributed by atoms with Crippen LogP contribution in [-0.4, -0.2) is 66.1 Å². The molecule has 1 saturated heterocycles. The van der Waals surface area contributed by atoms with Gasteiger partial charge in [0.05, 0.1) is 24.5 Å². The van der Waals surface area contributed by atoms with E-state index in [-0.39, 0.29) is 35.9 Å². The summed E-state index contributed by atoms with van der Waals surface area (Å²) < 4.78 is 36.2. The number of benzene rings is 1. The summed E-state index contributed by atoms with van der Waals surface area (Å²) in [7, 11) is 2.11. The monoisotopic (exact) mass is 677 g/mol. The zero-order chi connectivity index (χ0) is 34.0. The Hall–Kier alpha value is -2.39. The number of rotatable bonds is 9. The molecule has 1 aliphatic heterocycles. The van der Waals surface area contributed by atoms with Crippen molar-refractivity contribution in [1.29, 1.82) is 0 Å². The summed E-state index contributed by atoms with van der Waals surface area (Å²) in [4.78, 5) is 26.3. The molecule has 1 aliphatic carbocycles. The molecule has 2 fully saturated rings. The number of hydrogen-bond acceptors (Lipinski definition) is 13. The van der Waals surface area contributed by atoms with Gasteiger partial charge in [-0.2, -0.15) is 0 Å². The minimum Gasteiger partial charge on any atom is -0.465 e. The number of ether oxygens (including phenoxy) is 4. The first-order valence-electron chi connectivity index (χ1n) is 15.7. The second-order valence-electron chi connectivity index (χ2n) is 14.1. The van der Waals surface area contributed by atoms with Crippen molar-refractivity contribution in [2.75, 3.05) is 20.0 Å². The van der Waals surface area contributed by atoms with Gasteiger partial charge in [0, 0.05) is 13.2 Å². The summed E-state index contributed by atoms with van der Waals surface area (Å²) in [6, 6.07) is 3.59. The molecule has 2 heterocycles. The molecule has 14 heteroatoms. The van der Waals surface area contributed by atoms with Crippen molar-refractivity contribution in [2.45, 2.75) is 114 Å². The standard InChI is InChI=1S/C32H48BN3O8S2/c1-18-15-22-31(6,7)44-33(43-19(2)13-14-32(18,22)8)23(45-28-36-35-27(34)46-28)16-20-11-12-21(17-39-9)24(26(37)40-10)25(20)41-29(38)42-30(3,4)5/h11-12,18-19,22-23H,13-17H2,1-10H3,(H2,34,35). The Morgan fingerprint density at radius 1 is 1.17 bits per heavy atom. The molecule has 46 heavy (non-hydrogen) atoms. The minimum atomic E-state index is -0.947. The third kappa shape index (κ3) is 8.36. The maximum absolute atomic E-state index is 13.2. The Balaban J connectivity index is 1.80. The van der Waals surface area contributed by atoms with E-state index in [9.17, 15) is 9.59 Å². The van der Waals surface area contributed by atoms with Gasteiger partial charge in [-0.3, -0.25) is 0 Å². The number of fused-ring (bicyclic) bond motifs is 1. The molecule has 5 unspecified atom stereocenters. The smallest absolute Gasteiger partial charge is 0.465 e. The van der Waals surface area contributed by atoms with E-state index >= 15 is 0 Å². The summed E-state index contributed by atoms with van der Waals surface area (Å²) in [5.41, 5.74) is 5.93. The van der Waals surface area contributed by atoms with Gasteiger partial charge < -0.3 is 34.0 Å². The Morgan fingerprint density at radius 2 is 1.87 bits per heavy atom. The lowest BCUT2D eigenvalue weighted by Crippen LogP contribution is -2.58. The Labute approximate surface area is 281 Å². The number of anilines is 1. The Morgan fingerprint density at radius 3 is 2.46 bits per heavy atom. The zero-order valence-corrected chi connectivity index (χ0v) is 30.3. The number of carbonyl (C=O) groups excluding carboxylic acids is 2. The molecule has 1 saturated carbocycles. The SMILES string of the molecule is COCc1ccc(CC(Sc2nnc(N)s2)B2OC(C)CCC3(C)C(C)CC3C(C)(C)O2)c(OC(=O)OC(C)(C)C)c1C(=O)OC. The third-order valence-corrected chi connectivity index (χ3v) is 11.3. The van der Waals surface area contributed by atoms with Gasteiger partial charge in [-0.05, 0) is 95.6 Å². The van der Waals surface area contributed by atoms with E-state index in [1.807, 2.05) is 6.07 Å². The van der Waals surface area contributed by atoms with Crippen LogP contribution in [0.3, 0.4) is 0 Å². The molecule has 2 aliphatic rings. The van der Waals surface area contributed by atoms with Crippen molar-refractivity contribution < 1.29 is 37.8 Å². The number of nitrogen functional groups attached to an aromatic ring is 1. The van der Waals surface area contributed by atoms with Gasteiger partial charge >= 0.3 is 19.2 Å². The van der Waals surface area contributed by atoms with Gasteiger partial charge in [-0.15, -0.1) is 10.2 Å². The Kier molecular flexibility index (Phi) is 11.4. The average molecular weight is 678 g/mol. The fourth-order valence-corrected chi connectivity index (χ4v) is 8.67. The first-order chi connectivity index (χ1) is 21.5. The molecule has 0 amide bonds. The molecule has 11 nitrogen and oxygen atoms in total. The largest absolute Gasteiger partial charge is 0.514 e. The van der Waals surface area contributed by atoms with Crippen LogP contribution in [0.2, 0.25) is 0 Å². The number of thioether (sulfide) groups is 1. The maximum Gasteiger partial charge on any atom is 0.514 e. The topological polar surface area (TPSA) is 141 Å². The van der Waals surface area contributed by atoms with Crippen molar-refractivity contribution >= 4 is 47.5 Å². The lowest BCUT2D eigenvalue weighted by Gasteiger charge is -2.59. The highest BCUT2D eigenvalue weighted by Crippen LogP contribution is 2.60. The van der Waals surface area contributed by atoms with Crippen LogP contribution in [0.15, 0.2) is 16.5 Å². The third-order valence-electron chi connectivity index (χ3n) is 9.21. The zero-order valence-electron chi connectivity index (χ0n) is 28.6. The predicted molar refractivity (Wildman–Crippen MR) is 179 cm³/mol. The molecular weight excluding hydrogens is 629 g/mol. The maximum atomic E-state index is 13.2. The lowest BCUT2D eigenvalue weighted by molar-refractivity contribution is -0.136. The van der Waals surface area contributed by atoms with Gasteiger partial charge in [-0.25, -0.2) is 9.59 Å². The molecule has 1 aromatic carbocycles. The molecule has 4 rings (SSSR count). The minimum absolute atomic E-state index is 0.0359. The van der Waals surface area contributed by atoms with Crippen molar-refractivity contribution in [1.82, 2.24) is 10.2 Å². The van der Waals surface area contributed by atoms with E-state index in [0.29, 0.717) is 32.4 Å². The van der Waals surface area contributed by atoms with E-state index in [2.05, 4.69) is 44.8 Å². The van der Waals surface area contributed by atoms with Crippen LogP contribution in [0.1, 0.15) is 96.1 Å². The summed E-state index contributed by atoms with van der Waals surface area (Å²) in [5, 5.41) is 8.23. The van der Waals surface area contributed by atoms with E-state index in [1.54, 1.807) is 26.8 Å². The number of hydrogen-bond donors (Lipinski definition) is 1. The normalized spacial score (nSPS) is 25.3. The first-order valence-corrected chi connectivity index (χ1v) is 17.4. The first kappa shape index (κ1) is 36.5. The number of methoxy groups -OCH3 is 2. The van der Waals surface area contributed by atoms with Crippen LogP contribution in [0, 0.1) is 17.3 Å². The van der Waals surface area contributed by atoms with Crippen molar-refractivity contribution in [3.8, 4) is 5.75 Å². The second-order valence-corrected chi connectivity index (χ2v) is 16.6. The summed E-state index contributed by atoms with van der Waals surface area (Å²) >= 11 is 2.70. The van der Waals surface area contributed by atoms with Crippen LogP contribution < -0.4 is 10.5 Å². The predicted octanol–water partition coefficient (Wildman–Crippen LogP) is 6.75. The second kappa shape index (κ2) is 14.4. The number of carbonyl (C=O) groups is 2. The Bertz CT molecular complexity index is 1400. The molecule has 0 spiro atoms. The van der Waals surface area contributed by atoms with Crippen LogP contribution in [0.25, 0.3) is 0 Å². The van der Waals surface area contributed by atoms with Crippen LogP contribution in [0.5, 0.6) is 5.75 Å². The van der Waals surface area contributed by atoms with Crippen molar-refractivity contribution in [2.24, 2.45) is 17.3 Å². The quantitative estimate of drug-likeness (QED) is 0.130. The van der Waals surface area contributed by atoms with Gasteiger partial charge in [0.1, 0.15) is 11.2 Å². The van der Waals surface area contributed by atoms with Crippen LogP contribution in [-0.2, 0) is 36.5 Å². The van der Waals surface area contributed by atoms with E-state index in [0.717, 1.165) is 19.3 Å². The molecule has 2 aromatic rings. The van der Waals surface area contributed by atoms with Gasteiger partial charge in [0.2, 0.25) is 5.13 Å². The number of nitrogens with zero attached hydrogens (tertiary/aromatic N) is 2. The summed E-state index contributed by atoms with van der Waals surface area (Å²) in [5.74, 6) is 0.304. The molecule has 0 bridgehead atoms. The molecule has 5 atom stereocenters. The van der Waals surface area contributed by atoms with Gasteiger partial charge in [0.25, 0.3) is 0 Å². The van der Waals surface area contributed by atoms with E-state index < -0.39 is 35.6 Å². The molecule has 1 aromatic heterocycles. The summed E-state index contributed by atoms with van der Waals surface area (Å²) in [6.07, 6.45) is 2.25. The highest BCUT2D eigenvalue weighted by Gasteiger charge is 2.57. The average Bonchev–Trinajstić information content (AvgIpc) is 3.38. The molecule has 254 valence electrons. The van der Waals surface area contributed by atoms with Crippen molar-refractivity contribution in [3.63, 3.8) is 0 Å². The molecular formula is C32H48BN3O8S2. The number of aromatic nitrogens is 2. The number of esters is 1. The summed E-state index contributed by atoms with van der Waals surface area (Å²) in [6.45, 7) is 16.4. The highest BCUT2D eigenvalue weighted by molar-refractivity contribution is 8.02. The van der Waals surface area contributed by atoms with Gasteiger partial charge in [0.15, 0.2) is 10.1 Å². The fraction of sp³-hybridized carbons (Fsp3) is 0.688. The number of nitrogens with two attached hydrogens (primary N) is 1.